The van der Waals surface area contributed by atoms with Crippen molar-refractivity contribution in [1.29, 1.82) is 0 Å². The Labute approximate surface area is 295 Å². The van der Waals surface area contributed by atoms with E-state index < -0.39 is 27.5 Å². The number of carbonyl (C=O) groups excluding carboxylic acids is 2. The highest BCUT2D eigenvalue weighted by Crippen LogP contribution is 2.46. The van der Waals surface area contributed by atoms with Gasteiger partial charge in [-0.15, -0.1) is 0 Å². The largest absolute Gasteiger partial charge is 0.489 e. The van der Waals surface area contributed by atoms with Gasteiger partial charge >= 0.3 is 5.91 Å². The first-order valence-electron chi connectivity index (χ1n) is 17.6. The summed E-state index contributed by atoms with van der Waals surface area (Å²) >= 11 is 6.43. The Kier molecular flexibility index (Phi) is 9.58. The first-order chi connectivity index (χ1) is 23.4. The summed E-state index contributed by atoms with van der Waals surface area (Å²) in [6.45, 7) is 5.48. The van der Waals surface area contributed by atoms with Crippen LogP contribution in [-0.2, 0) is 32.0 Å². The molecule has 5 aliphatic rings. The summed E-state index contributed by atoms with van der Waals surface area (Å²) in [6.07, 6.45) is 10.2. The number of carbonyl (C=O) groups is 2. The van der Waals surface area contributed by atoms with E-state index in [4.69, 9.17) is 26.1 Å². The number of pyridine rings is 1. The van der Waals surface area contributed by atoms with Gasteiger partial charge in [0.25, 0.3) is 0 Å². The molecule has 49 heavy (non-hydrogen) atoms. The molecule has 7 atom stereocenters. The average molecular weight is 711 g/mol. The molecule has 3 aliphatic carbocycles. The smallest absolute Gasteiger partial charge is 0.303 e. The second-order valence-corrected chi connectivity index (χ2v) is 17.0. The van der Waals surface area contributed by atoms with E-state index in [0.717, 1.165) is 43.7 Å². The number of rotatable bonds is 3. The van der Waals surface area contributed by atoms with Crippen LogP contribution in [0.25, 0.3) is 0 Å². The Hall–Kier alpha value is -2.99. The van der Waals surface area contributed by atoms with Crippen LogP contribution in [0.1, 0.15) is 80.4 Å². The molecular weight excluding hydrogens is 664 g/mol. The van der Waals surface area contributed by atoms with Crippen LogP contribution in [-0.4, -0.2) is 70.0 Å². The Bertz CT molecular complexity index is 1730. The second kappa shape index (κ2) is 13.6. The van der Waals surface area contributed by atoms with Gasteiger partial charge in [0.15, 0.2) is 11.6 Å². The predicted molar refractivity (Wildman–Crippen MR) is 190 cm³/mol. The summed E-state index contributed by atoms with van der Waals surface area (Å²) in [5.41, 5.74) is 1.42. The van der Waals surface area contributed by atoms with Crippen molar-refractivity contribution >= 4 is 39.8 Å². The van der Waals surface area contributed by atoms with Gasteiger partial charge in [0.1, 0.15) is 11.1 Å². The van der Waals surface area contributed by atoms with Gasteiger partial charge in [0.05, 0.1) is 28.9 Å². The predicted octanol–water partition coefficient (Wildman–Crippen LogP) is 5.25. The van der Waals surface area contributed by atoms with Gasteiger partial charge < -0.3 is 24.8 Å². The standard InChI is InChI=1S/C37H47ClN4O6S/c1-22-6-4-8-30(47-3)27-11-9-24(27)19-42-20-37(15-5-7-23-16-26(38)10-12-28(23)37)21-48-31-14-13-29(39-32(31)42)34(44)41-49(46)35(22)40-33(43)25-17-36(2,45)18-25/h4,8,10,12-14,16,22,24-25,27,30,35,45,49H,5-7,9,11,15,17-21H2,1-3H3,(H,40,43)/b8-4+/t22-,24-,25-,27+,30-,35?,36-,37-/m0/s1. The lowest BCUT2D eigenvalue weighted by Gasteiger charge is -2.45. The highest BCUT2D eigenvalue weighted by Gasteiger charge is 2.46. The third kappa shape index (κ3) is 6.88. The van der Waals surface area contributed by atoms with Gasteiger partial charge in [-0.3, -0.25) is 13.8 Å². The molecule has 2 saturated carbocycles. The summed E-state index contributed by atoms with van der Waals surface area (Å²) in [6, 6.07) is 9.55. The molecule has 264 valence electrons. The topological polar surface area (TPSA) is 130 Å². The van der Waals surface area contributed by atoms with Crippen molar-refractivity contribution < 1.29 is 28.4 Å². The van der Waals surface area contributed by atoms with Crippen molar-refractivity contribution in [1.82, 2.24) is 10.3 Å². The van der Waals surface area contributed by atoms with E-state index in [1.165, 1.54) is 11.1 Å². The summed E-state index contributed by atoms with van der Waals surface area (Å²) < 4.78 is 30.5. The molecule has 1 aromatic heterocycles. The maximum absolute atomic E-state index is 13.8. The first kappa shape index (κ1) is 34.5. The molecule has 2 N–H and O–H groups in total. The van der Waals surface area contributed by atoms with Gasteiger partial charge in [-0.2, -0.15) is 4.36 Å². The fourth-order valence-electron chi connectivity index (χ4n) is 8.66. The molecule has 2 aromatic rings. The van der Waals surface area contributed by atoms with Crippen LogP contribution in [0.15, 0.2) is 46.8 Å². The summed E-state index contributed by atoms with van der Waals surface area (Å²) in [7, 11) is -0.801. The second-order valence-electron chi connectivity index (χ2n) is 15.2. The number of halogens is 1. The van der Waals surface area contributed by atoms with Crippen LogP contribution in [0, 0.1) is 23.7 Å². The number of nitrogens with one attached hydrogen (secondary N) is 1. The molecule has 0 saturated heterocycles. The van der Waals surface area contributed by atoms with Gasteiger partial charge in [0, 0.05) is 36.6 Å². The molecule has 0 radical (unpaired) electrons. The normalized spacial score (nSPS) is 36.8. The number of anilines is 1. The minimum absolute atomic E-state index is 0.0853. The van der Waals surface area contributed by atoms with E-state index in [1.807, 2.05) is 19.1 Å². The molecule has 2 bridgehead atoms. The zero-order chi connectivity index (χ0) is 34.5. The quantitative estimate of drug-likeness (QED) is 0.291. The van der Waals surface area contributed by atoms with Gasteiger partial charge in [-0.05, 0) is 111 Å². The molecule has 2 aliphatic heterocycles. The molecular formula is C37H47ClN4O6S. The van der Waals surface area contributed by atoms with Crippen LogP contribution in [0.5, 0.6) is 5.75 Å². The fourth-order valence-corrected chi connectivity index (χ4v) is 10.1. The molecule has 10 nitrogen and oxygen atoms in total. The van der Waals surface area contributed by atoms with Crippen molar-refractivity contribution in [3.8, 4) is 5.75 Å². The van der Waals surface area contributed by atoms with E-state index >= 15 is 0 Å². The third-order valence-electron chi connectivity index (χ3n) is 11.6. The minimum Gasteiger partial charge on any atom is -0.489 e. The monoisotopic (exact) mass is 710 g/mol. The Morgan fingerprint density at radius 3 is 2.78 bits per heavy atom. The highest BCUT2D eigenvalue weighted by atomic mass is 35.5. The van der Waals surface area contributed by atoms with E-state index in [0.29, 0.717) is 55.8 Å². The van der Waals surface area contributed by atoms with E-state index in [9.17, 15) is 18.9 Å². The van der Waals surface area contributed by atoms with E-state index in [1.54, 1.807) is 26.2 Å². The van der Waals surface area contributed by atoms with Crippen LogP contribution in [0.3, 0.4) is 0 Å². The lowest BCUT2D eigenvalue weighted by atomic mass is 9.68. The SMILES string of the molecule is CO[C@H]1/C=C/C[C@H](C)C(NC(=O)[C@H]2C[C@](C)(O)C2)/[SH](=O)=N\C(=O)c2ccc3c(n2)N(C[C@@H]2CC[C@H]21)C[C@@]1(CCCc2cc(Cl)ccc21)CO3. The number of hydrogen-bond acceptors (Lipinski definition) is 8. The maximum atomic E-state index is 13.8. The van der Waals surface area contributed by atoms with Crippen LogP contribution < -0.4 is 15.0 Å². The number of amides is 2. The number of fused-ring (bicyclic) bond motifs is 4. The Morgan fingerprint density at radius 1 is 1.22 bits per heavy atom. The van der Waals surface area contributed by atoms with Gasteiger partial charge in [-0.1, -0.05) is 36.7 Å². The zero-order valence-electron chi connectivity index (χ0n) is 28.4. The zero-order valence-corrected chi connectivity index (χ0v) is 30.1. The third-order valence-corrected chi connectivity index (χ3v) is 13.3. The van der Waals surface area contributed by atoms with Crippen molar-refractivity contribution in [3.05, 3.63) is 64.3 Å². The maximum Gasteiger partial charge on any atom is 0.303 e. The number of aromatic nitrogens is 1. The Balaban J connectivity index is 1.26. The molecule has 2 amide bonds. The van der Waals surface area contributed by atoms with Crippen molar-refractivity contribution in [2.75, 3.05) is 31.7 Å². The lowest BCUT2D eigenvalue weighted by molar-refractivity contribution is -0.139. The van der Waals surface area contributed by atoms with Crippen molar-refractivity contribution in [3.63, 3.8) is 0 Å². The van der Waals surface area contributed by atoms with Crippen LogP contribution >= 0.6 is 11.6 Å². The first-order valence-corrected chi connectivity index (χ1v) is 19.2. The number of benzene rings is 1. The molecule has 2 fully saturated rings. The number of methoxy groups -OCH3 is 1. The summed E-state index contributed by atoms with van der Waals surface area (Å²) in [4.78, 5) is 34.0. The lowest BCUT2D eigenvalue weighted by Crippen LogP contribution is -2.51. The molecule has 7 rings (SSSR count). The average Bonchev–Trinajstić information content (AvgIpc) is 3.19. The fraction of sp³-hybridized carbons (Fsp3) is 0.595. The number of allylic oxidation sites excluding steroid dienone is 1. The van der Waals surface area contributed by atoms with Crippen LogP contribution in [0.4, 0.5) is 5.82 Å². The number of hydrogen-bond donors (Lipinski definition) is 3. The van der Waals surface area contributed by atoms with Gasteiger partial charge in [-0.25, -0.2) is 4.98 Å². The number of aliphatic hydroxyl groups is 1. The Morgan fingerprint density at radius 2 is 2.04 bits per heavy atom. The van der Waals surface area contributed by atoms with Crippen molar-refractivity contribution in [2.45, 2.75) is 87.7 Å². The molecule has 12 heteroatoms. The summed E-state index contributed by atoms with van der Waals surface area (Å²) in [5.74, 6) is 0.197. The van der Waals surface area contributed by atoms with Gasteiger partial charge in [0.2, 0.25) is 5.91 Å². The number of aryl methyl sites for hydroxylation is 1. The number of thiol groups is 1. The molecule has 1 aromatic carbocycles. The van der Waals surface area contributed by atoms with E-state index in [2.05, 4.69) is 32.8 Å². The van der Waals surface area contributed by atoms with E-state index in [-0.39, 0.29) is 35.0 Å². The number of nitrogens with zero attached hydrogens (tertiary/aromatic N) is 3. The summed E-state index contributed by atoms with van der Waals surface area (Å²) in [5, 5.41) is 13.0. The number of ether oxygens (including phenoxy) is 2. The highest BCUT2D eigenvalue weighted by molar-refractivity contribution is 7.76. The minimum atomic E-state index is -2.54. The van der Waals surface area contributed by atoms with Crippen molar-refractivity contribution in [2.24, 2.45) is 28.0 Å². The molecule has 2 unspecified atom stereocenters. The van der Waals surface area contributed by atoms with Crippen LogP contribution in [0.2, 0.25) is 5.02 Å². The molecule has 3 heterocycles. The molecule has 1 spiro atoms.